The number of halogens is 3. The van der Waals surface area contributed by atoms with Crippen molar-refractivity contribution in [2.45, 2.75) is 25.7 Å². The second-order valence-corrected chi connectivity index (χ2v) is 6.97. The summed E-state index contributed by atoms with van der Waals surface area (Å²) in [6.45, 7) is 3.60. The van der Waals surface area contributed by atoms with E-state index in [-0.39, 0.29) is 18.3 Å². The lowest BCUT2D eigenvalue weighted by atomic mass is 10.1. The van der Waals surface area contributed by atoms with Crippen LogP contribution in [0, 0.1) is 0 Å². The molecule has 114 valence electrons. The fourth-order valence-electron chi connectivity index (χ4n) is 2.23. The van der Waals surface area contributed by atoms with E-state index in [0.29, 0.717) is 10.8 Å². The number of carbonyl (C=O) groups is 1. The zero-order valence-electron chi connectivity index (χ0n) is 11.2. The van der Waals surface area contributed by atoms with Gasteiger partial charge in [-0.05, 0) is 37.4 Å². The second kappa shape index (κ2) is 9.11. The lowest BCUT2D eigenvalue weighted by Crippen LogP contribution is -2.34. The molecule has 1 saturated heterocycles. The highest BCUT2D eigenvalue weighted by Crippen LogP contribution is 2.32. The minimum atomic E-state index is 0. The Labute approximate surface area is 140 Å². The normalized spacial score (nSPS) is 15.6. The molecule has 1 aromatic heterocycles. The van der Waals surface area contributed by atoms with Gasteiger partial charge in [0.2, 0.25) is 5.91 Å². The van der Waals surface area contributed by atoms with Crippen molar-refractivity contribution in [2.75, 3.05) is 26.2 Å². The Kier molecular flexibility index (Phi) is 8.22. The Hall–Kier alpha value is -0.000000000000000104. The molecule has 1 aliphatic rings. The average molecular weight is 358 g/mol. The van der Waals surface area contributed by atoms with Crippen molar-refractivity contribution in [3.8, 4) is 0 Å². The summed E-state index contributed by atoms with van der Waals surface area (Å²) in [5.74, 6) is 0.251. The summed E-state index contributed by atoms with van der Waals surface area (Å²) in [4.78, 5) is 14.0. The van der Waals surface area contributed by atoms with Crippen molar-refractivity contribution < 1.29 is 4.79 Å². The molecule has 1 fully saturated rings. The Morgan fingerprint density at radius 1 is 1.35 bits per heavy atom. The van der Waals surface area contributed by atoms with Gasteiger partial charge in [0, 0.05) is 26.1 Å². The molecule has 7 heteroatoms. The fourth-order valence-corrected chi connectivity index (χ4v) is 3.77. The van der Waals surface area contributed by atoms with Crippen LogP contribution in [0.25, 0.3) is 0 Å². The van der Waals surface area contributed by atoms with Crippen molar-refractivity contribution in [1.29, 1.82) is 0 Å². The molecular weight excluding hydrogens is 339 g/mol. The number of hydrogen-bond acceptors (Lipinski definition) is 3. The minimum Gasteiger partial charge on any atom is -0.341 e. The van der Waals surface area contributed by atoms with E-state index < -0.39 is 0 Å². The van der Waals surface area contributed by atoms with Crippen LogP contribution in [0.15, 0.2) is 6.07 Å². The molecule has 1 aromatic rings. The van der Waals surface area contributed by atoms with Crippen molar-refractivity contribution in [3.05, 3.63) is 20.3 Å². The predicted octanol–water partition coefficient (Wildman–Crippen LogP) is 3.62. The van der Waals surface area contributed by atoms with Crippen LogP contribution in [-0.4, -0.2) is 37.0 Å². The zero-order valence-corrected chi connectivity index (χ0v) is 14.3. The number of amides is 1. The van der Waals surface area contributed by atoms with Crippen LogP contribution in [0.2, 0.25) is 8.67 Å². The van der Waals surface area contributed by atoms with E-state index in [1.807, 2.05) is 11.0 Å². The number of rotatable bonds is 4. The monoisotopic (exact) mass is 356 g/mol. The molecule has 0 radical (unpaired) electrons. The van der Waals surface area contributed by atoms with Crippen LogP contribution in [-0.2, 0) is 11.2 Å². The summed E-state index contributed by atoms with van der Waals surface area (Å²) in [7, 11) is 0. The lowest BCUT2D eigenvalue weighted by molar-refractivity contribution is -0.131. The molecule has 0 saturated carbocycles. The molecule has 0 aromatic carbocycles. The third-order valence-corrected chi connectivity index (χ3v) is 4.83. The van der Waals surface area contributed by atoms with E-state index in [2.05, 4.69) is 5.32 Å². The Morgan fingerprint density at radius 3 is 2.85 bits per heavy atom. The van der Waals surface area contributed by atoms with Crippen molar-refractivity contribution >= 4 is 52.9 Å². The van der Waals surface area contributed by atoms with Gasteiger partial charge in [-0.15, -0.1) is 23.7 Å². The summed E-state index contributed by atoms with van der Waals surface area (Å²) in [6.07, 6.45) is 3.27. The largest absolute Gasteiger partial charge is 0.341 e. The maximum Gasteiger partial charge on any atom is 0.222 e. The van der Waals surface area contributed by atoms with Gasteiger partial charge in [0.05, 0.1) is 8.67 Å². The molecule has 3 nitrogen and oxygen atoms in total. The first kappa shape index (κ1) is 18.1. The van der Waals surface area contributed by atoms with Crippen molar-refractivity contribution in [1.82, 2.24) is 10.2 Å². The van der Waals surface area contributed by atoms with E-state index in [4.69, 9.17) is 23.2 Å². The van der Waals surface area contributed by atoms with E-state index in [9.17, 15) is 4.79 Å². The second-order valence-electron chi connectivity index (χ2n) is 4.69. The van der Waals surface area contributed by atoms with Crippen LogP contribution < -0.4 is 5.32 Å². The number of thiophene rings is 1. The first-order valence-corrected chi connectivity index (χ1v) is 8.16. The van der Waals surface area contributed by atoms with Crippen molar-refractivity contribution in [3.63, 3.8) is 0 Å². The molecule has 0 spiro atoms. The summed E-state index contributed by atoms with van der Waals surface area (Å²) < 4.78 is 1.46. The summed E-state index contributed by atoms with van der Waals surface area (Å²) in [5.41, 5.74) is 1.06. The van der Waals surface area contributed by atoms with E-state index in [1.54, 1.807) is 0 Å². The number of aryl methyl sites for hydroxylation is 1. The molecule has 20 heavy (non-hydrogen) atoms. The molecule has 0 aliphatic carbocycles. The third-order valence-electron chi connectivity index (χ3n) is 3.26. The van der Waals surface area contributed by atoms with Crippen molar-refractivity contribution in [2.24, 2.45) is 0 Å². The van der Waals surface area contributed by atoms with Gasteiger partial charge in [-0.1, -0.05) is 23.2 Å². The topological polar surface area (TPSA) is 32.3 Å². The molecular formula is C13H19Cl3N2OS. The van der Waals surface area contributed by atoms with E-state index in [1.165, 1.54) is 11.3 Å². The number of nitrogens with one attached hydrogen (secondary N) is 1. The van der Waals surface area contributed by atoms with Gasteiger partial charge in [-0.2, -0.15) is 0 Å². The number of nitrogens with zero attached hydrogens (tertiary/aromatic N) is 1. The Balaban J connectivity index is 0.00000200. The first-order valence-electron chi connectivity index (χ1n) is 6.59. The van der Waals surface area contributed by atoms with Crippen LogP contribution in [0.1, 0.15) is 24.8 Å². The molecule has 0 atom stereocenters. The number of carbonyl (C=O) groups excluding carboxylic acids is 1. The van der Waals surface area contributed by atoms with Gasteiger partial charge in [-0.25, -0.2) is 0 Å². The zero-order chi connectivity index (χ0) is 13.7. The van der Waals surface area contributed by atoms with E-state index in [0.717, 1.165) is 55.3 Å². The highest BCUT2D eigenvalue weighted by atomic mass is 35.5. The van der Waals surface area contributed by atoms with E-state index >= 15 is 0 Å². The smallest absolute Gasteiger partial charge is 0.222 e. The van der Waals surface area contributed by atoms with Crippen LogP contribution in [0.4, 0.5) is 0 Å². The Bertz CT molecular complexity index is 431. The molecule has 0 bridgehead atoms. The first-order chi connectivity index (χ1) is 9.16. The van der Waals surface area contributed by atoms with Crippen LogP contribution in [0.5, 0.6) is 0 Å². The highest BCUT2D eigenvalue weighted by Gasteiger charge is 2.15. The standard InChI is InChI=1S/C13H18Cl2N2OS.ClH/c14-11-9-10(13(15)19-11)3-1-4-12(18)17-7-2-5-16-6-8-17;/h9,16H,1-8H2;1H. The maximum absolute atomic E-state index is 12.1. The maximum atomic E-state index is 12.1. The third kappa shape index (κ3) is 5.41. The predicted molar refractivity (Wildman–Crippen MR) is 88.6 cm³/mol. The van der Waals surface area contributed by atoms with Crippen LogP contribution >= 0.6 is 46.9 Å². The molecule has 1 aliphatic heterocycles. The molecule has 0 unspecified atom stereocenters. The molecule has 1 amide bonds. The van der Waals surface area contributed by atoms with Gasteiger partial charge in [-0.3, -0.25) is 4.79 Å². The average Bonchev–Trinajstić information content (AvgIpc) is 2.60. The lowest BCUT2D eigenvalue weighted by Gasteiger charge is -2.19. The van der Waals surface area contributed by atoms with Gasteiger partial charge in [0.25, 0.3) is 0 Å². The molecule has 1 N–H and O–H groups in total. The minimum absolute atomic E-state index is 0. The van der Waals surface area contributed by atoms with Gasteiger partial charge >= 0.3 is 0 Å². The highest BCUT2D eigenvalue weighted by molar-refractivity contribution is 7.20. The Morgan fingerprint density at radius 2 is 2.15 bits per heavy atom. The number of hydrogen-bond donors (Lipinski definition) is 1. The summed E-state index contributed by atoms with van der Waals surface area (Å²) in [5, 5.41) is 3.30. The van der Waals surface area contributed by atoms with Gasteiger partial charge in [0.1, 0.15) is 0 Å². The summed E-state index contributed by atoms with van der Waals surface area (Å²) >= 11 is 13.3. The summed E-state index contributed by atoms with van der Waals surface area (Å²) in [6, 6.07) is 1.90. The quantitative estimate of drug-likeness (QED) is 0.892. The van der Waals surface area contributed by atoms with Gasteiger partial charge in [0.15, 0.2) is 0 Å². The fraction of sp³-hybridized carbons (Fsp3) is 0.615. The van der Waals surface area contributed by atoms with Gasteiger partial charge < -0.3 is 10.2 Å². The molecule has 2 heterocycles. The van der Waals surface area contributed by atoms with Crippen LogP contribution in [0.3, 0.4) is 0 Å². The SMILES string of the molecule is Cl.O=C(CCCc1cc(Cl)sc1Cl)N1CCCNCC1. The molecule has 2 rings (SSSR count).